The molecule has 0 unspecified atom stereocenters. The van der Waals surface area contributed by atoms with Crippen LogP contribution in [0.1, 0.15) is 10.4 Å². The van der Waals surface area contributed by atoms with Gasteiger partial charge in [0, 0.05) is 6.26 Å². The minimum Gasteiger partial charge on any atom is -0.478 e. The van der Waals surface area contributed by atoms with E-state index in [1.165, 1.54) is 10.7 Å². The van der Waals surface area contributed by atoms with Crippen molar-refractivity contribution in [3.63, 3.8) is 0 Å². The predicted molar refractivity (Wildman–Crippen MR) is 64.2 cm³/mol. The summed E-state index contributed by atoms with van der Waals surface area (Å²) in [5, 5.41) is 16.5. The van der Waals surface area contributed by atoms with E-state index in [0.717, 1.165) is 6.26 Å². The number of hydrogen-bond acceptors (Lipinski definition) is 5. The fourth-order valence-electron chi connectivity index (χ4n) is 1.58. The van der Waals surface area contributed by atoms with Crippen LogP contribution in [0, 0.1) is 0 Å². The van der Waals surface area contributed by atoms with Crippen molar-refractivity contribution in [2.24, 2.45) is 0 Å². The molecule has 1 aromatic carbocycles. The van der Waals surface area contributed by atoms with Crippen molar-refractivity contribution in [3.8, 4) is 0 Å². The average molecular weight is 269 g/mol. The molecule has 18 heavy (non-hydrogen) atoms. The molecule has 96 valence electrons. The first-order valence-corrected chi connectivity index (χ1v) is 7.18. The molecule has 1 aromatic heterocycles. The van der Waals surface area contributed by atoms with Crippen molar-refractivity contribution in [2.75, 3.05) is 12.0 Å². The van der Waals surface area contributed by atoms with E-state index in [2.05, 4.69) is 10.3 Å². The van der Waals surface area contributed by atoms with Crippen molar-refractivity contribution in [2.45, 2.75) is 6.54 Å². The molecule has 0 aliphatic rings. The van der Waals surface area contributed by atoms with E-state index in [1.807, 2.05) is 0 Å². The average Bonchev–Trinajstić information content (AvgIpc) is 2.68. The Balaban J connectivity index is 2.43. The van der Waals surface area contributed by atoms with Crippen molar-refractivity contribution in [3.05, 3.63) is 23.8 Å². The van der Waals surface area contributed by atoms with Crippen LogP contribution in [0.2, 0.25) is 0 Å². The van der Waals surface area contributed by atoms with Gasteiger partial charge in [-0.3, -0.25) is 0 Å². The van der Waals surface area contributed by atoms with Crippen LogP contribution in [0.25, 0.3) is 11.0 Å². The van der Waals surface area contributed by atoms with Crippen LogP contribution in [0.15, 0.2) is 18.2 Å². The van der Waals surface area contributed by atoms with Gasteiger partial charge in [0.25, 0.3) is 0 Å². The van der Waals surface area contributed by atoms with Gasteiger partial charge in [0.1, 0.15) is 15.4 Å². The lowest BCUT2D eigenvalue weighted by atomic mass is 10.2. The number of aromatic nitrogens is 3. The van der Waals surface area contributed by atoms with Crippen LogP contribution < -0.4 is 0 Å². The van der Waals surface area contributed by atoms with Gasteiger partial charge in [-0.05, 0) is 12.1 Å². The number of aromatic carboxylic acids is 1. The van der Waals surface area contributed by atoms with Gasteiger partial charge in [-0.15, -0.1) is 5.10 Å². The van der Waals surface area contributed by atoms with Gasteiger partial charge in [0.15, 0.2) is 0 Å². The van der Waals surface area contributed by atoms with Crippen molar-refractivity contribution in [1.29, 1.82) is 0 Å². The van der Waals surface area contributed by atoms with Gasteiger partial charge in [0.05, 0.1) is 23.4 Å². The summed E-state index contributed by atoms with van der Waals surface area (Å²) in [6.45, 7) is 0.151. The van der Waals surface area contributed by atoms with Gasteiger partial charge in [0.2, 0.25) is 0 Å². The molecule has 0 fully saturated rings. The fraction of sp³-hybridized carbons (Fsp3) is 0.300. The zero-order valence-electron chi connectivity index (χ0n) is 9.57. The zero-order valence-corrected chi connectivity index (χ0v) is 10.4. The summed E-state index contributed by atoms with van der Waals surface area (Å²) in [4.78, 5) is 11.0. The Bertz CT molecular complexity index is 705. The summed E-state index contributed by atoms with van der Waals surface area (Å²) in [6.07, 6.45) is 1.13. The highest BCUT2D eigenvalue weighted by atomic mass is 32.2. The van der Waals surface area contributed by atoms with E-state index < -0.39 is 15.8 Å². The van der Waals surface area contributed by atoms with E-state index in [-0.39, 0.29) is 23.4 Å². The minimum absolute atomic E-state index is 0.0538. The molecule has 1 N–H and O–H groups in total. The molecular weight excluding hydrogens is 258 g/mol. The Labute approximate surface area is 103 Å². The Hall–Kier alpha value is -1.96. The molecule has 0 saturated heterocycles. The van der Waals surface area contributed by atoms with Crippen molar-refractivity contribution >= 4 is 26.8 Å². The molecule has 0 aliphatic heterocycles. The smallest absolute Gasteiger partial charge is 0.338 e. The monoisotopic (exact) mass is 269 g/mol. The molecule has 2 aromatic rings. The third-order valence-electron chi connectivity index (χ3n) is 2.45. The SMILES string of the molecule is CS(=O)(=O)CCn1nnc2c(C(=O)O)cccc21. The second-order valence-corrected chi connectivity index (χ2v) is 6.18. The largest absolute Gasteiger partial charge is 0.478 e. The number of nitrogens with zero attached hydrogens (tertiary/aromatic N) is 3. The molecule has 0 radical (unpaired) electrons. The first-order chi connectivity index (χ1) is 8.38. The standard InChI is InChI=1S/C10H11N3O4S/c1-18(16,17)6-5-13-8-4-2-3-7(10(14)15)9(8)11-12-13/h2-4H,5-6H2,1H3,(H,14,15). The number of carboxylic acids is 1. The van der Waals surface area contributed by atoms with E-state index in [1.54, 1.807) is 12.1 Å². The van der Waals surface area contributed by atoms with Crippen LogP contribution in [0.4, 0.5) is 0 Å². The van der Waals surface area contributed by atoms with E-state index in [0.29, 0.717) is 5.52 Å². The lowest BCUT2D eigenvalue weighted by Gasteiger charge is -2.01. The highest BCUT2D eigenvalue weighted by Crippen LogP contribution is 2.16. The molecule has 7 nitrogen and oxygen atoms in total. The van der Waals surface area contributed by atoms with Gasteiger partial charge >= 0.3 is 5.97 Å². The first-order valence-electron chi connectivity index (χ1n) is 5.12. The maximum atomic E-state index is 11.1. The van der Waals surface area contributed by atoms with E-state index in [9.17, 15) is 13.2 Å². The molecule has 0 atom stereocenters. The van der Waals surface area contributed by atoms with Crippen LogP contribution in [-0.2, 0) is 16.4 Å². The Kier molecular flexibility index (Phi) is 3.04. The topological polar surface area (TPSA) is 102 Å². The predicted octanol–water partition coefficient (Wildman–Crippen LogP) is 0.174. The summed E-state index contributed by atoms with van der Waals surface area (Å²) in [7, 11) is -3.10. The molecule has 0 bridgehead atoms. The Morgan fingerprint density at radius 3 is 2.78 bits per heavy atom. The Morgan fingerprint density at radius 2 is 2.17 bits per heavy atom. The number of carboxylic acid groups (broad SMARTS) is 1. The molecule has 2 rings (SSSR count). The number of fused-ring (bicyclic) bond motifs is 1. The number of hydrogen-bond donors (Lipinski definition) is 1. The van der Waals surface area contributed by atoms with Crippen LogP contribution >= 0.6 is 0 Å². The maximum absolute atomic E-state index is 11.1. The summed E-state index contributed by atoms with van der Waals surface area (Å²) < 4.78 is 23.6. The first kappa shape index (κ1) is 12.5. The summed E-state index contributed by atoms with van der Waals surface area (Å²) in [5.41, 5.74) is 0.829. The third kappa shape index (κ3) is 2.48. The van der Waals surface area contributed by atoms with Gasteiger partial charge in [-0.25, -0.2) is 17.9 Å². The molecule has 0 amide bonds. The van der Waals surface area contributed by atoms with Crippen LogP contribution in [0.3, 0.4) is 0 Å². The Morgan fingerprint density at radius 1 is 1.44 bits per heavy atom. The summed E-state index contributed by atoms with van der Waals surface area (Å²) >= 11 is 0. The number of benzene rings is 1. The molecule has 0 spiro atoms. The number of aryl methyl sites for hydroxylation is 1. The normalized spacial score (nSPS) is 11.8. The van der Waals surface area contributed by atoms with E-state index >= 15 is 0 Å². The van der Waals surface area contributed by atoms with Crippen molar-refractivity contribution < 1.29 is 18.3 Å². The van der Waals surface area contributed by atoms with Crippen LogP contribution in [0.5, 0.6) is 0 Å². The molecule has 0 saturated carbocycles. The highest BCUT2D eigenvalue weighted by molar-refractivity contribution is 7.90. The van der Waals surface area contributed by atoms with E-state index in [4.69, 9.17) is 5.11 Å². The zero-order chi connectivity index (χ0) is 13.3. The number of rotatable bonds is 4. The molecule has 0 aliphatic carbocycles. The fourth-order valence-corrected chi connectivity index (χ4v) is 2.09. The second-order valence-electron chi connectivity index (χ2n) is 3.92. The van der Waals surface area contributed by atoms with Gasteiger partial charge in [-0.1, -0.05) is 11.3 Å². The highest BCUT2D eigenvalue weighted by Gasteiger charge is 2.14. The summed E-state index contributed by atoms with van der Waals surface area (Å²) in [6, 6.07) is 4.66. The lowest BCUT2D eigenvalue weighted by Crippen LogP contribution is -2.12. The lowest BCUT2D eigenvalue weighted by molar-refractivity contribution is 0.0699. The third-order valence-corrected chi connectivity index (χ3v) is 3.37. The van der Waals surface area contributed by atoms with Gasteiger partial charge in [-0.2, -0.15) is 0 Å². The molecule has 1 heterocycles. The summed E-state index contributed by atoms with van der Waals surface area (Å²) in [5.74, 6) is -1.15. The number of sulfone groups is 1. The minimum atomic E-state index is -3.10. The number of carbonyl (C=O) groups is 1. The van der Waals surface area contributed by atoms with Gasteiger partial charge < -0.3 is 5.11 Å². The second kappa shape index (κ2) is 4.37. The van der Waals surface area contributed by atoms with Crippen LogP contribution in [-0.4, -0.2) is 46.5 Å². The quantitative estimate of drug-likeness (QED) is 0.849. The molecular formula is C10H11N3O4S. The molecule has 8 heteroatoms. The maximum Gasteiger partial charge on any atom is 0.338 e. The van der Waals surface area contributed by atoms with Crippen molar-refractivity contribution in [1.82, 2.24) is 15.0 Å².